The Labute approximate surface area is 100 Å². The molecule has 1 aliphatic heterocycles. The van der Waals surface area contributed by atoms with Crippen molar-refractivity contribution in [1.29, 1.82) is 0 Å². The van der Waals surface area contributed by atoms with Gasteiger partial charge in [-0.15, -0.1) is 0 Å². The van der Waals surface area contributed by atoms with E-state index in [4.69, 9.17) is 0 Å². The normalized spacial score (nSPS) is 17.8. The third-order valence-electron chi connectivity index (χ3n) is 2.99. The molecule has 92 valence electrons. The Morgan fingerprint density at radius 2 is 2.12 bits per heavy atom. The van der Waals surface area contributed by atoms with Gasteiger partial charge < -0.3 is 9.80 Å². The molecule has 0 radical (unpaired) electrons. The molecular weight excluding hydrogens is 220 g/mol. The van der Waals surface area contributed by atoms with Crippen LogP contribution >= 0.6 is 0 Å². The molecule has 2 rings (SSSR count). The van der Waals surface area contributed by atoms with Gasteiger partial charge in [0.05, 0.1) is 4.92 Å². The van der Waals surface area contributed by atoms with Crippen LogP contribution in [0.1, 0.15) is 6.42 Å². The molecule has 1 saturated heterocycles. The summed E-state index contributed by atoms with van der Waals surface area (Å²) in [5.74, 6) is 0.825. The van der Waals surface area contributed by atoms with Gasteiger partial charge >= 0.3 is 0 Å². The fourth-order valence-corrected chi connectivity index (χ4v) is 1.95. The number of likely N-dealkylation sites (N-methyl/N-ethyl adjacent to an activating group) is 1. The number of aromatic nitrogens is 1. The van der Waals surface area contributed by atoms with Crippen molar-refractivity contribution in [3.05, 3.63) is 28.4 Å². The van der Waals surface area contributed by atoms with Crippen LogP contribution in [0, 0.1) is 10.1 Å². The number of nitrogens with zero attached hydrogens (tertiary/aromatic N) is 4. The van der Waals surface area contributed by atoms with E-state index in [2.05, 4.69) is 21.8 Å². The number of hydrogen-bond donors (Lipinski definition) is 0. The number of rotatable bonds is 2. The predicted octanol–water partition coefficient (Wildman–Crippen LogP) is 1.13. The maximum Gasteiger partial charge on any atom is 0.287 e. The van der Waals surface area contributed by atoms with E-state index in [-0.39, 0.29) is 5.69 Å². The summed E-state index contributed by atoms with van der Waals surface area (Å²) in [6.07, 6.45) is 2.42. The molecule has 0 saturated carbocycles. The van der Waals surface area contributed by atoms with Gasteiger partial charge in [0.15, 0.2) is 0 Å². The highest BCUT2D eigenvalue weighted by molar-refractivity contribution is 5.43. The molecule has 0 bridgehead atoms. The summed E-state index contributed by atoms with van der Waals surface area (Å²) in [6.45, 7) is 3.96. The zero-order valence-corrected chi connectivity index (χ0v) is 9.87. The molecule has 0 aliphatic carbocycles. The third-order valence-corrected chi connectivity index (χ3v) is 2.99. The van der Waals surface area contributed by atoms with Gasteiger partial charge in [-0.3, -0.25) is 10.1 Å². The first kappa shape index (κ1) is 11.8. The van der Waals surface area contributed by atoms with E-state index in [0.717, 1.165) is 38.4 Å². The molecule has 0 N–H and O–H groups in total. The van der Waals surface area contributed by atoms with Crippen molar-refractivity contribution in [2.45, 2.75) is 6.42 Å². The molecule has 1 aliphatic rings. The summed E-state index contributed by atoms with van der Waals surface area (Å²) >= 11 is 0. The maximum atomic E-state index is 10.5. The Morgan fingerprint density at radius 1 is 1.29 bits per heavy atom. The van der Waals surface area contributed by atoms with Crippen LogP contribution in [-0.2, 0) is 0 Å². The molecule has 6 heteroatoms. The summed E-state index contributed by atoms with van der Waals surface area (Å²) in [6, 6.07) is 3.24. The van der Waals surface area contributed by atoms with Crippen LogP contribution in [0.4, 0.5) is 11.5 Å². The molecule has 0 unspecified atom stereocenters. The zero-order valence-electron chi connectivity index (χ0n) is 9.87. The summed E-state index contributed by atoms with van der Waals surface area (Å²) < 4.78 is 0. The van der Waals surface area contributed by atoms with Crippen molar-refractivity contribution < 1.29 is 4.92 Å². The lowest BCUT2D eigenvalue weighted by Gasteiger charge is -2.21. The van der Waals surface area contributed by atoms with Crippen molar-refractivity contribution in [2.24, 2.45) is 0 Å². The minimum absolute atomic E-state index is 0.0423. The lowest BCUT2D eigenvalue weighted by Crippen LogP contribution is -2.29. The van der Waals surface area contributed by atoms with Crippen molar-refractivity contribution in [1.82, 2.24) is 9.88 Å². The van der Waals surface area contributed by atoms with E-state index in [1.165, 1.54) is 12.3 Å². The van der Waals surface area contributed by atoms with Gasteiger partial charge in [-0.1, -0.05) is 0 Å². The quantitative estimate of drug-likeness (QED) is 0.569. The minimum Gasteiger partial charge on any atom is -0.355 e. The summed E-state index contributed by atoms with van der Waals surface area (Å²) in [7, 11) is 2.10. The van der Waals surface area contributed by atoms with E-state index < -0.39 is 4.92 Å². The van der Waals surface area contributed by atoms with Gasteiger partial charge in [0.25, 0.3) is 5.69 Å². The number of pyridine rings is 1. The van der Waals surface area contributed by atoms with Crippen LogP contribution in [-0.4, -0.2) is 48.0 Å². The van der Waals surface area contributed by atoms with Crippen LogP contribution in [0.25, 0.3) is 0 Å². The molecule has 0 spiro atoms. The Hall–Kier alpha value is -1.69. The van der Waals surface area contributed by atoms with E-state index >= 15 is 0 Å². The standard InChI is InChI=1S/C11H16N4O2/c1-13-5-2-6-14(8-7-13)11-4-3-10(9-12-11)15(16)17/h3-4,9H,2,5-8H2,1H3. The van der Waals surface area contributed by atoms with Gasteiger partial charge in [0, 0.05) is 25.7 Å². The van der Waals surface area contributed by atoms with Gasteiger partial charge in [-0.25, -0.2) is 4.98 Å². The lowest BCUT2D eigenvalue weighted by molar-refractivity contribution is -0.385. The average molecular weight is 236 g/mol. The smallest absolute Gasteiger partial charge is 0.287 e. The molecule has 0 amide bonds. The molecule has 1 aromatic heterocycles. The summed E-state index contributed by atoms with van der Waals surface area (Å²) in [5.41, 5.74) is 0.0423. The Balaban J connectivity index is 2.08. The van der Waals surface area contributed by atoms with E-state index in [9.17, 15) is 10.1 Å². The highest BCUT2D eigenvalue weighted by atomic mass is 16.6. The SMILES string of the molecule is CN1CCCN(c2ccc([N+](=O)[O-])cn2)CC1. The Kier molecular flexibility index (Phi) is 3.53. The fraction of sp³-hybridized carbons (Fsp3) is 0.545. The summed E-state index contributed by atoms with van der Waals surface area (Å²) in [5, 5.41) is 10.5. The zero-order chi connectivity index (χ0) is 12.3. The monoisotopic (exact) mass is 236 g/mol. The van der Waals surface area contributed by atoms with Gasteiger partial charge in [-0.05, 0) is 26.1 Å². The van der Waals surface area contributed by atoms with Crippen LogP contribution in [0.2, 0.25) is 0 Å². The Bertz CT molecular complexity index is 393. The molecule has 2 heterocycles. The molecule has 0 atom stereocenters. The van der Waals surface area contributed by atoms with Gasteiger partial charge in [0.2, 0.25) is 0 Å². The number of hydrogen-bond acceptors (Lipinski definition) is 5. The largest absolute Gasteiger partial charge is 0.355 e. The topological polar surface area (TPSA) is 62.5 Å². The van der Waals surface area contributed by atoms with Crippen LogP contribution in [0.3, 0.4) is 0 Å². The second-order valence-corrected chi connectivity index (χ2v) is 4.28. The van der Waals surface area contributed by atoms with Crippen LogP contribution < -0.4 is 4.90 Å². The molecule has 6 nitrogen and oxygen atoms in total. The van der Waals surface area contributed by atoms with Crippen molar-refractivity contribution in [2.75, 3.05) is 38.1 Å². The first-order valence-electron chi connectivity index (χ1n) is 5.71. The second kappa shape index (κ2) is 5.09. The predicted molar refractivity (Wildman–Crippen MR) is 65.2 cm³/mol. The van der Waals surface area contributed by atoms with E-state index in [1.54, 1.807) is 6.07 Å². The number of nitro groups is 1. The first-order valence-corrected chi connectivity index (χ1v) is 5.71. The molecule has 17 heavy (non-hydrogen) atoms. The average Bonchev–Trinajstić information content (AvgIpc) is 2.54. The van der Waals surface area contributed by atoms with Crippen molar-refractivity contribution in [3.8, 4) is 0 Å². The second-order valence-electron chi connectivity index (χ2n) is 4.28. The minimum atomic E-state index is -0.424. The van der Waals surface area contributed by atoms with E-state index in [0.29, 0.717) is 0 Å². The molecule has 1 fully saturated rings. The van der Waals surface area contributed by atoms with Crippen LogP contribution in [0.15, 0.2) is 18.3 Å². The highest BCUT2D eigenvalue weighted by Gasteiger charge is 2.14. The number of anilines is 1. The van der Waals surface area contributed by atoms with Crippen molar-refractivity contribution >= 4 is 11.5 Å². The fourth-order valence-electron chi connectivity index (χ4n) is 1.95. The molecular formula is C11H16N4O2. The van der Waals surface area contributed by atoms with Crippen LogP contribution in [0.5, 0.6) is 0 Å². The third kappa shape index (κ3) is 2.91. The molecule has 0 aromatic carbocycles. The maximum absolute atomic E-state index is 10.5. The first-order chi connectivity index (χ1) is 8.16. The van der Waals surface area contributed by atoms with Crippen molar-refractivity contribution in [3.63, 3.8) is 0 Å². The highest BCUT2D eigenvalue weighted by Crippen LogP contribution is 2.17. The molecule has 1 aromatic rings. The van der Waals surface area contributed by atoms with E-state index in [1.807, 2.05) is 0 Å². The van der Waals surface area contributed by atoms with Gasteiger partial charge in [-0.2, -0.15) is 0 Å². The Morgan fingerprint density at radius 3 is 2.76 bits per heavy atom. The van der Waals surface area contributed by atoms with Gasteiger partial charge in [0.1, 0.15) is 12.0 Å². The summed E-state index contributed by atoms with van der Waals surface area (Å²) in [4.78, 5) is 18.7. The lowest BCUT2D eigenvalue weighted by atomic mass is 10.3.